The highest BCUT2D eigenvalue weighted by atomic mass is 35.5. The lowest BCUT2D eigenvalue weighted by atomic mass is 9.71. The first kappa shape index (κ1) is 24.7. The highest BCUT2D eigenvalue weighted by molar-refractivity contribution is 5.85. The third-order valence-electron chi connectivity index (χ3n) is 7.50. The lowest BCUT2D eigenvalue weighted by Crippen LogP contribution is -2.47. The summed E-state index contributed by atoms with van der Waals surface area (Å²) in [4.78, 5) is 7.84. The third-order valence-corrected chi connectivity index (χ3v) is 7.50. The van der Waals surface area contributed by atoms with Gasteiger partial charge in [-0.2, -0.15) is 0 Å². The summed E-state index contributed by atoms with van der Waals surface area (Å²) in [5.74, 6) is 1.47. The number of morpholine rings is 1. The highest BCUT2D eigenvalue weighted by Crippen LogP contribution is 2.45. The Morgan fingerprint density at radius 1 is 0.935 bits per heavy atom. The van der Waals surface area contributed by atoms with Gasteiger partial charge in [0, 0.05) is 57.2 Å². The van der Waals surface area contributed by atoms with E-state index in [1.165, 1.54) is 56.7 Å². The normalized spacial score (nSPS) is 23.1. The van der Waals surface area contributed by atoms with Gasteiger partial charge >= 0.3 is 0 Å². The Labute approximate surface area is 196 Å². The molecule has 4 nitrogen and oxygen atoms in total. The van der Waals surface area contributed by atoms with Crippen LogP contribution in [-0.4, -0.2) is 63.9 Å². The summed E-state index contributed by atoms with van der Waals surface area (Å²) in [6, 6.07) is 7.36. The molecule has 0 atom stereocenters. The van der Waals surface area contributed by atoms with Crippen molar-refractivity contribution in [3.63, 3.8) is 0 Å². The van der Waals surface area contributed by atoms with Crippen LogP contribution in [0.5, 0.6) is 0 Å². The lowest BCUT2D eigenvalue weighted by Gasteiger charge is -2.41. The maximum Gasteiger partial charge on any atom is 0.0642 e. The van der Waals surface area contributed by atoms with Gasteiger partial charge in [0.25, 0.3) is 0 Å². The number of hydrogen-bond acceptors (Lipinski definition) is 4. The van der Waals surface area contributed by atoms with Crippen LogP contribution in [0.15, 0.2) is 18.2 Å². The minimum absolute atomic E-state index is 0. The molecule has 3 fully saturated rings. The molecule has 31 heavy (non-hydrogen) atoms. The standard InChI is InChI=1S/C26H43N3O.ClH/c1-21(2)20-27-11-13-29(14-12-27)25-6-5-23(28-15-17-30-18-16-28)19-24(25)22-7-9-26(3,4)10-8-22;/h5-6,19,21-22H,7-18,20H2,1-4H3;1H. The van der Waals surface area contributed by atoms with Crippen LogP contribution in [0.1, 0.15) is 64.9 Å². The van der Waals surface area contributed by atoms with Crippen LogP contribution in [0.25, 0.3) is 0 Å². The van der Waals surface area contributed by atoms with Crippen molar-refractivity contribution in [2.75, 3.05) is 68.8 Å². The quantitative estimate of drug-likeness (QED) is 0.598. The smallest absolute Gasteiger partial charge is 0.0642 e. The molecule has 0 amide bonds. The van der Waals surface area contributed by atoms with Crippen molar-refractivity contribution in [2.24, 2.45) is 11.3 Å². The second-order valence-corrected chi connectivity index (χ2v) is 11.0. The van der Waals surface area contributed by atoms with E-state index in [1.54, 1.807) is 5.56 Å². The zero-order valence-corrected chi connectivity index (χ0v) is 21.1. The highest BCUT2D eigenvalue weighted by Gasteiger charge is 2.31. The lowest BCUT2D eigenvalue weighted by molar-refractivity contribution is 0.122. The summed E-state index contributed by atoms with van der Waals surface area (Å²) in [5, 5.41) is 0. The minimum atomic E-state index is 0. The molecule has 0 N–H and O–H groups in total. The number of piperazine rings is 1. The summed E-state index contributed by atoms with van der Waals surface area (Å²) in [6.45, 7) is 19.2. The van der Waals surface area contributed by atoms with Crippen molar-refractivity contribution in [3.8, 4) is 0 Å². The minimum Gasteiger partial charge on any atom is -0.378 e. The Balaban J connectivity index is 0.00000272. The van der Waals surface area contributed by atoms with Crippen LogP contribution >= 0.6 is 12.4 Å². The van der Waals surface area contributed by atoms with Gasteiger partial charge in [-0.15, -0.1) is 12.4 Å². The largest absolute Gasteiger partial charge is 0.378 e. The molecular weight excluding hydrogens is 406 g/mol. The summed E-state index contributed by atoms with van der Waals surface area (Å²) in [7, 11) is 0. The van der Waals surface area contributed by atoms with E-state index in [9.17, 15) is 0 Å². The molecule has 2 heterocycles. The summed E-state index contributed by atoms with van der Waals surface area (Å²) in [5.41, 5.74) is 5.05. The summed E-state index contributed by atoms with van der Waals surface area (Å²) < 4.78 is 5.59. The van der Waals surface area contributed by atoms with Gasteiger partial charge < -0.3 is 14.5 Å². The molecule has 0 unspecified atom stereocenters. The molecule has 0 aromatic heterocycles. The van der Waals surface area contributed by atoms with Gasteiger partial charge in [-0.05, 0) is 66.7 Å². The van der Waals surface area contributed by atoms with Crippen LogP contribution in [-0.2, 0) is 4.74 Å². The van der Waals surface area contributed by atoms with E-state index in [-0.39, 0.29) is 12.4 Å². The van der Waals surface area contributed by atoms with E-state index in [1.807, 2.05) is 0 Å². The fraction of sp³-hybridized carbons (Fsp3) is 0.769. The van der Waals surface area contributed by atoms with Gasteiger partial charge in [0.1, 0.15) is 0 Å². The molecule has 1 saturated carbocycles. The molecule has 3 aliphatic rings. The Bertz CT molecular complexity index is 684. The molecule has 0 spiro atoms. The molecule has 1 aromatic rings. The van der Waals surface area contributed by atoms with Gasteiger partial charge in [-0.1, -0.05) is 27.7 Å². The topological polar surface area (TPSA) is 19.0 Å². The zero-order valence-electron chi connectivity index (χ0n) is 20.2. The van der Waals surface area contributed by atoms with E-state index in [4.69, 9.17) is 4.74 Å². The number of anilines is 2. The van der Waals surface area contributed by atoms with Crippen LogP contribution < -0.4 is 9.80 Å². The average molecular weight is 450 g/mol. The first-order valence-corrected chi connectivity index (χ1v) is 12.4. The van der Waals surface area contributed by atoms with Crippen molar-refractivity contribution in [3.05, 3.63) is 23.8 Å². The Morgan fingerprint density at radius 3 is 2.19 bits per heavy atom. The Hall–Kier alpha value is -0.970. The van der Waals surface area contributed by atoms with E-state index >= 15 is 0 Å². The molecular formula is C26H44ClN3O. The van der Waals surface area contributed by atoms with Crippen molar-refractivity contribution in [1.82, 2.24) is 4.90 Å². The zero-order chi connectivity index (χ0) is 21.1. The Morgan fingerprint density at radius 2 is 1.58 bits per heavy atom. The first-order valence-electron chi connectivity index (χ1n) is 12.4. The monoisotopic (exact) mass is 449 g/mol. The number of benzene rings is 1. The van der Waals surface area contributed by atoms with E-state index in [0.717, 1.165) is 45.3 Å². The predicted molar refractivity (Wildman–Crippen MR) is 135 cm³/mol. The van der Waals surface area contributed by atoms with Crippen molar-refractivity contribution >= 4 is 23.8 Å². The van der Waals surface area contributed by atoms with Gasteiger partial charge in [-0.3, -0.25) is 4.90 Å². The molecule has 0 bridgehead atoms. The molecule has 5 heteroatoms. The molecule has 1 aliphatic carbocycles. The van der Waals surface area contributed by atoms with Crippen LogP contribution in [0.4, 0.5) is 11.4 Å². The molecule has 1 aromatic carbocycles. The third kappa shape index (κ3) is 6.30. The van der Waals surface area contributed by atoms with Crippen molar-refractivity contribution < 1.29 is 4.74 Å². The van der Waals surface area contributed by atoms with Crippen LogP contribution in [0.3, 0.4) is 0 Å². The maximum atomic E-state index is 5.59. The fourth-order valence-corrected chi connectivity index (χ4v) is 5.57. The van der Waals surface area contributed by atoms with Crippen LogP contribution in [0, 0.1) is 11.3 Å². The number of nitrogens with zero attached hydrogens (tertiary/aromatic N) is 3. The maximum absolute atomic E-state index is 5.59. The van der Waals surface area contributed by atoms with Gasteiger partial charge in [0.2, 0.25) is 0 Å². The number of hydrogen-bond donors (Lipinski definition) is 0. The molecule has 0 radical (unpaired) electrons. The molecule has 176 valence electrons. The SMILES string of the molecule is CC(C)CN1CCN(c2ccc(N3CCOCC3)cc2C2CCC(C)(C)CC2)CC1.Cl. The molecule has 2 aliphatic heterocycles. The van der Waals surface area contributed by atoms with E-state index in [2.05, 4.69) is 60.6 Å². The van der Waals surface area contributed by atoms with Crippen molar-refractivity contribution in [2.45, 2.75) is 59.3 Å². The van der Waals surface area contributed by atoms with E-state index in [0.29, 0.717) is 11.3 Å². The summed E-state index contributed by atoms with van der Waals surface area (Å²) >= 11 is 0. The average Bonchev–Trinajstić information content (AvgIpc) is 2.74. The van der Waals surface area contributed by atoms with Crippen LogP contribution in [0.2, 0.25) is 0 Å². The van der Waals surface area contributed by atoms with Gasteiger partial charge in [-0.25, -0.2) is 0 Å². The number of halogens is 1. The fourth-order valence-electron chi connectivity index (χ4n) is 5.57. The predicted octanol–water partition coefficient (Wildman–Crippen LogP) is 5.41. The van der Waals surface area contributed by atoms with Crippen molar-refractivity contribution in [1.29, 1.82) is 0 Å². The first-order chi connectivity index (χ1) is 14.4. The number of ether oxygens (including phenoxy) is 1. The van der Waals surface area contributed by atoms with E-state index < -0.39 is 0 Å². The van der Waals surface area contributed by atoms with Gasteiger partial charge in [0.15, 0.2) is 0 Å². The second-order valence-electron chi connectivity index (χ2n) is 11.0. The second kappa shape index (κ2) is 10.8. The van der Waals surface area contributed by atoms with Gasteiger partial charge in [0.05, 0.1) is 13.2 Å². The Kier molecular flexibility index (Phi) is 8.57. The molecule has 4 rings (SSSR count). The summed E-state index contributed by atoms with van der Waals surface area (Å²) in [6.07, 6.45) is 5.36. The number of rotatable bonds is 5. The molecule has 2 saturated heterocycles.